The van der Waals surface area contributed by atoms with Crippen molar-refractivity contribution in [2.75, 3.05) is 17.9 Å². The minimum absolute atomic E-state index is 0.0446. The molecule has 3 heterocycles. The molecule has 5 rings (SSSR count). The Morgan fingerprint density at radius 1 is 1.21 bits per heavy atom. The Balaban J connectivity index is 1.28. The predicted molar refractivity (Wildman–Crippen MR) is 109 cm³/mol. The van der Waals surface area contributed by atoms with Gasteiger partial charge >= 0.3 is 0 Å². The Morgan fingerprint density at radius 3 is 2.96 bits per heavy atom. The van der Waals surface area contributed by atoms with E-state index in [-0.39, 0.29) is 18.6 Å². The average Bonchev–Trinajstić information content (AvgIpc) is 3.30. The summed E-state index contributed by atoms with van der Waals surface area (Å²) >= 11 is 1.62. The van der Waals surface area contributed by atoms with Gasteiger partial charge in [0.25, 0.3) is 0 Å². The first-order valence-electron chi connectivity index (χ1n) is 9.01. The van der Waals surface area contributed by atoms with Crippen LogP contribution in [0.2, 0.25) is 0 Å². The lowest BCUT2D eigenvalue weighted by Crippen LogP contribution is -2.25. The summed E-state index contributed by atoms with van der Waals surface area (Å²) in [6.07, 6.45) is 0. The molecule has 0 spiro atoms. The standard InChI is InChI=1S/C20H18N4O3S/c1-11-14-7-13(3-4-15(14)22-19(11)25)16-9-28-20(24-23-16)21-8-12-2-5-17-18(6-12)27-10-26-17/h2-7,11H,8-10H2,1H3,(H,21,24)(H,22,25). The van der Waals surface area contributed by atoms with E-state index in [2.05, 4.69) is 20.8 Å². The van der Waals surface area contributed by atoms with Gasteiger partial charge in [0.05, 0.1) is 18.2 Å². The van der Waals surface area contributed by atoms with Crippen LogP contribution in [0, 0.1) is 0 Å². The van der Waals surface area contributed by atoms with E-state index < -0.39 is 0 Å². The molecule has 0 aliphatic carbocycles. The van der Waals surface area contributed by atoms with Crippen molar-refractivity contribution in [1.29, 1.82) is 0 Å². The molecule has 2 aromatic carbocycles. The van der Waals surface area contributed by atoms with Crippen molar-refractivity contribution in [2.45, 2.75) is 19.4 Å². The molecule has 0 aromatic heterocycles. The monoisotopic (exact) mass is 394 g/mol. The van der Waals surface area contributed by atoms with E-state index in [0.29, 0.717) is 6.54 Å². The van der Waals surface area contributed by atoms with Crippen LogP contribution in [0.4, 0.5) is 5.69 Å². The van der Waals surface area contributed by atoms with Gasteiger partial charge in [0, 0.05) is 11.4 Å². The number of benzene rings is 2. The molecule has 0 fully saturated rings. The second-order valence-electron chi connectivity index (χ2n) is 6.78. The largest absolute Gasteiger partial charge is 0.454 e. The summed E-state index contributed by atoms with van der Waals surface area (Å²) in [5, 5.41) is 8.17. The van der Waals surface area contributed by atoms with Gasteiger partial charge in [0.15, 0.2) is 16.7 Å². The van der Waals surface area contributed by atoms with Crippen molar-refractivity contribution in [3.63, 3.8) is 0 Å². The first-order valence-corrected chi connectivity index (χ1v) is 9.99. The molecule has 1 atom stereocenters. The number of amidine groups is 1. The van der Waals surface area contributed by atoms with Crippen molar-refractivity contribution in [3.05, 3.63) is 53.1 Å². The van der Waals surface area contributed by atoms with Crippen molar-refractivity contribution in [1.82, 2.24) is 5.43 Å². The van der Waals surface area contributed by atoms with Crippen LogP contribution in [-0.2, 0) is 11.3 Å². The third-order valence-electron chi connectivity index (χ3n) is 4.98. The van der Waals surface area contributed by atoms with Crippen LogP contribution in [-0.4, -0.2) is 29.3 Å². The Labute approximate surface area is 166 Å². The highest BCUT2D eigenvalue weighted by molar-refractivity contribution is 8.14. The molecule has 0 radical (unpaired) electrons. The summed E-state index contributed by atoms with van der Waals surface area (Å²) in [6, 6.07) is 11.8. The van der Waals surface area contributed by atoms with E-state index in [1.54, 1.807) is 11.8 Å². The number of hydrogen-bond donors (Lipinski definition) is 2. The molecule has 2 N–H and O–H groups in total. The fourth-order valence-corrected chi connectivity index (χ4v) is 4.12. The van der Waals surface area contributed by atoms with Gasteiger partial charge in [-0.25, -0.2) is 0 Å². The zero-order valence-electron chi connectivity index (χ0n) is 15.2. The molecule has 3 aliphatic rings. The number of carbonyl (C=O) groups is 1. The van der Waals surface area contributed by atoms with Gasteiger partial charge in [0.2, 0.25) is 12.7 Å². The maximum Gasteiger partial charge on any atom is 0.231 e. The van der Waals surface area contributed by atoms with E-state index in [1.807, 2.05) is 43.3 Å². The zero-order chi connectivity index (χ0) is 19.1. The van der Waals surface area contributed by atoms with Gasteiger partial charge in [-0.1, -0.05) is 23.9 Å². The number of rotatable bonds is 3. The Bertz CT molecular complexity index is 1030. The lowest BCUT2D eigenvalue weighted by atomic mass is 9.99. The summed E-state index contributed by atoms with van der Waals surface area (Å²) in [6.45, 7) is 2.73. The van der Waals surface area contributed by atoms with Gasteiger partial charge in [0.1, 0.15) is 0 Å². The Kier molecular flexibility index (Phi) is 4.20. The van der Waals surface area contributed by atoms with Crippen LogP contribution in [0.5, 0.6) is 11.5 Å². The van der Waals surface area contributed by atoms with Crippen LogP contribution in [0.1, 0.15) is 29.5 Å². The molecule has 3 aliphatic heterocycles. The SMILES string of the molecule is CC1C(=O)Nc2ccc(C3=NNC(=NCc4ccc5c(c4)OCO5)SC3)cc21. The van der Waals surface area contributed by atoms with Gasteiger partial charge < -0.3 is 14.8 Å². The zero-order valence-corrected chi connectivity index (χ0v) is 16.0. The second kappa shape index (κ2) is 6.87. The second-order valence-corrected chi connectivity index (χ2v) is 7.74. The third kappa shape index (κ3) is 3.09. The number of thioether (sulfide) groups is 1. The molecule has 28 heavy (non-hydrogen) atoms. The smallest absolute Gasteiger partial charge is 0.231 e. The van der Waals surface area contributed by atoms with E-state index in [9.17, 15) is 4.79 Å². The molecule has 142 valence electrons. The molecule has 0 saturated heterocycles. The number of fused-ring (bicyclic) bond motifs is 2. The quantitative estimate of drug-likeness (QED) is 0.836. The van der Waals surface area contributed by atoms with Crippen LogP contribution in [0.3, 0.4) is 0 Å². The molecule has 7 nitrogen and oxygen atoms in total. The van der Waals surface area contributed by atoms with E-state index in [0.717, 1.165) is 50.5 Å². The summed E-state index contributed by atoms with van der Waals surface area (Å²) in [4.78, 5) is 16.4. The number of hydrogen-bond acceptors (Lipinski definition) is 6. The number of aliphatic imine (C=N–C) groups is 1. The summed E-state index contributed by atoms with van der Waals surface area (Å²) in [5.41, 5.74) is 7.98. The molecule has 2 aromatic rings. The van der Waals surface area contributed by atoms with Gasteiger partial charge in [-0.05, 0) is 47.9 Å². The number of carbonyl (C=O) groups excluding carboxylic acids is 1. The van der Waals surface area contributed by atoms with Crippen LogP contribution in [0.15, 0.2) is 46.5 Å². The maximum atomic E-state index is 11.8. The lowest BCUT2D eigenvalue weighted by Gasteiger charge is -2.16. The van der Waals surface area contributed by atoms with Gasteiger partial charge in [-0.3, -0.25) is 15.2 Å². The van der Waals surface area contributed by atoms with Crippen LogP contribution < -0.4 is 20.2 Å². The summed E-state index contributed by atoms with van der Waals surface area (Å²) in [7, 11) is 0. The topological polar surface area (TPSA) is 84.3 Å². The molecule has 1 unspecified atom stereocenters. The molecular weight excluding hydrogens is 376 g/mol. The minimum Gasteiger partial charge on any atom is -0.454 e. The Morgan fingerprint density at radius 2 is 2.11 bits per heavy atom. The van der Waals surface area contributed by atoms with Crippen LogP contribution >= 0.6 is 11.8 Å². The van der Waals surface area contributed by atoms with E-state index >= 15 is 0 Å². The molecular formula is C20H18N4O3S. The van der Waals surface area contributed by atoms with Crippen molar-refractivity contribution >= 4 is 34.2 Å². The summed E-state index contributed by atoms with van der Waals surface area (Å²) in [5.74, 6) is 2.18. The number of nitrogens with zero attached hydrogens (tertiary/aromatic N) is 2. The lowest BCUT2D eigenvalue weighted by molar-refractivity contribution is -0.116. The Hall–Kier alpha value is -3.00. The van der Waals surface area contributed by atoms with E-state index in [1.165, 1.54) is 0 Å². The fraction of sp³-hybridized carbons (Fsp3) is 0.250. The first kappa shape index (κ1) is 17.1. The van der Waals surface area contributed by atoms with E-state index in [4.69, 9.17) is 9.47 Å². The number of ether oxygens (including phenoxy) is 2. The molecule has 0 saturated carbocycles. The number of hydrazone groups is 1. The van der Waals surface area contributed by atoms with Crippen molar-refractivity contribution < 1.29 is 14.3 Å². The normalized spacial score (nSPS) is 21.2. The number of amides is 1. The maximum absolute atomic E-state index is 11.8. The highest BCUT2D eigenvalue weighted by Gasteiger charge is 2.27. The fourth-order valence-electron chi connectivity index (χ4n) is 3.34. The van der Waals surface area contributed by atoms with Crippen molar-refractivity contribution in [2.24, 2.45) is 10.1 Å². The molecule has 8 heteroatoms. The first-order chi connectivity index (χ1) is 13.7. The predicted octanol–water partition coefficient (Wildman–Crippen LogP) is 3.07. The minimum atomic E-state index is -0.126. The summed E-state index contributed by atoms with van der Waals surface area (Å²) < 4.78 is 10.7. The highest BCUT2D eigenvalue weighted by Crippen LogP contribution is 2.34. The van der Waals surface area contributed by atoms with Crippen molar-refractivity contribution in [3.8, 4) is 11.5 Å². The molecule has 1 amide bonds. The average molecular weight is 394 g/mol. The van der Waals surface area contributed by atoms with Crippen LogP contribution in [0.25, 0.3) is 0 Å². The third-order valence-corrected chi connectivity index (χ3v) is 5.89. The number of anilines is 1. The molecule has 0 bridgehead atoms. The highest BCUT2D eigenvalue weighted by atomic mass is 32.2. The van der Waals surface area contributed by atoms with Gasteiger partial charge in [-0.2, -0.15) is 5.10 Å². The van der Waals surface area contributed by atoms with Gasteiger partial charge in [-0.15, -0.1) is 0 Å². The number of nitrogens with one attached hydrogen (secondary N) is 2.